The van der Waals surface area contributed by atoms with Gasteiger partial charge >= 0.3 is 6.09 Å². The number of nitrogens with one attached hydrogen (secondary N) is 2. The van der Waals surface area contributed by atoms with Gasteiger partial charge in [0.1, 0.15) is 6.04 Å². The molecule has 21 heavy (non-hydrogen) atoms. The van der Waals surface area contributed by atoms with Crippen molar-refractivity contribution in [2.24, 2.45) is 5.92 Å². The second-order valence-corrected chi connectivity index (χ2v) is 5.37. The van der Waals surface area contributed by atoms with Crippen molar-refractivity contribution >= 4 is 17.7 Å². The largest absolute Gasteiger partial charge is 0.450 e. The number of hydrogen-bond acceptors (Lipinski definition) is 3. The number of hydrogen-bond donors (Lipinski definition) is 2. The molecule has 0 heterocycles. The van der Waals surface area contributed by atoms with Crippen LogP contribution in [0.2, 0.25) is 0 Å². The predicted octanol–water partition coefficient (Wildman–Crippen LogP) is 3.01. The minimum Gasteiger partial charge on any atom is -0.450 e. The summed E-state index contributed by atoms with van der Waals surface area (Å²) in [6, 6.07) is 5.08. The summed E-state index contributed by atoms with van der Waals surface area (Å²) in [7, 11) is 0. The van der Waals surface area contributed by atoms with Crippen LogP contribution < -0.4 is 10.6 Å². The zero-order valence-electron chi connectivity index (χ0n) is 13.3. The van der Waals surface area contributed by atoms with E-state index in [1.54, 1.807) is 6.92 Å². The van der Waals surface area contributed by atoms with Gasteiger partial charge in [0.25, 0.3) is 0 Å². The van der Waals surface area contributed by atoms with Gasteiger partial charge < -0.3 is 15.4 Å². The van der Waals surface area contributed by atoms with E-state index in [2.05, 4.69) is 10.6 Å². The predicted molar refractivity (Wildman–Crippen MR) is 83.3 cm³/mol. The highest BCUT2D eigenvalue weighted by atomic mass is 16.5. The smallest absolute Gasteiger partial charge is 0.407 e. The molecule has 5 heteroatoms. The Balaban J connectivity index is 2.76. The molecule has 0 aromatic heterocycles. The van der Waals surface area contributed by atoms with Gasteiger partial charge in [0.05, 0.1) is 6.61 Å². The molecule has 1 aromatic carbocycles. The van der Waals surface area contributed by atoms with Crippen LogP contribution in [0.1, 0.15) is 31.9 Å². The van der Waals surface area contributed by atoms with E-state index in [1.807, 2.05) is 45.9 Å². The van der Waals surface area contributed by atoms with Crippen molar-refractivity contribution in [2.75, 3.05) is 11.9 Å². The summed E-state index contributed by atoms with van der Waals surface area (Å²) < 4.78 is 4.83. The quantitative estimate of drug-likeness (QED) is 0.876. The second-order valence-electron chi connectivity index (χ2n) is 5.37. The normalized spacial score (nSPS) is 11.9. The molecule has 0 fully saturated rings. The first-order valence-electron chi connectivity index (χ1n) is 7.16. The van der Waals surface area contributed by atoms with Crippen LogP contribution in [0.5, 0.6) is 0 Å². The molecule has 5 nitrogen and oxygen atoms in total. The second kappa shape index (κ2) is 7.67. The summed E-state index contributed by atoms with van der Waals surface area (Å²) >= 11 is 0. The fourth-order valence-corrected chi connectivity index (χ4v) is 1.87. The number of benzene rings is 1. The highest BCUT2D eigenvalue weighted by Gasteiger charge is 2.24. The zero-order chi connectivity index (χ0) is 16.0. The molecule has 0 saturated heterocycles. The Morgan fingerprint density at radius 1 is 1.19 bits per heavy atom. The average molecular weight is 292 g/mol. The van der Waals surface area contributed by atoms with Crippen molar-refractivity contribution in [1.82, 2.24) is 5.32 Å². The van der Waals surface area contributed by atoms with Crippen molar-refractivity contribution in [3.05, 3.63) is 29.3 Å². The molecule has 116 valence electrons. The maximum absolute atomic E-state index is 12.3. The van der Waals surface area contributed by atoms with Crippen LogP contribution in [0, 0.1) is 19.8 Å². The average Bonchev–Trinajstić information content (AvgIpc) is 2.40. The number of amides is 2. The van der Waals surface area contributed by atoms with Gasteiger partial charge in [0, 0.05) is 5.69 Å². The molecule has 0 aliphatic rings. The van der Waals surface area contributed by atoms with Crippen LogP contribution in [0.4, 0.5) is 10.5 Å². The van der Waals surface area contributed by atoms with Crippen LogP contribution in [-0.4, -0.2) is 24.6 Å². The van der Waals surface area contributed by atoms with Gasteiger partial charge in [-0.3, -0.25) is 4.79 Å². The van der Waals surface area contributed by atoms with Crippen LogP contribution in [0.25, 0.3) is 0 Å². The molecule has 1 atom stereocenters. The molecule has 0 bridgehead atoms. The number of alkyl carbamates (subject to hydrolysis) is 1. The SMILES string of the molecule is CCOC(=O)N[C@H](C(=O)Nc1ccc(C)c(C)c1)C(C)C. The number of aryl methyl sites for hydroxylation is 2. The van der Waals surface area contributed by atoms with E-state index in [-0.39, 0.29) is 18.4 Å². The molecule has 0 saturated carbocycles. The molecule has 0 aliphatic carbocycles. The maximum Gasteiger partial charge on any atom is 0.407 e. The Labute approximate surface area is 126 Å². The summed E-state index contributed by atoms with van der Waals surface area (Å²) in [5, 5.41) is 5.42. The van der Waals surface area contributed by atoms with Gasteiger partial charge in [-0.05, 0) is 49.9 Å². The van der Waals surface area contributed by atoms with Gasteiger partial charge in [0.15, 0.2) is 0 Å². The lowest BCUT2D eigenvalue weighted by Gasteiger charge is -2.21. The van der Waals surface area contributed by atoms with E-state index in [1.165, 1.54) is 0 Å². The third-order valence-corrected chi connectivity index (χ3v) is 3.27. The first kappa shape index (κ1) is 17.0. The molecular weight excluding hydrogens is 268 g/mol. The molecule has 0 unspecified atom stereocenters. The van der Waals surface area contributed by atoms with E-state index in [4.69, 9.17) is 4.74 Å². The third kappa shape index (κ3) is 5.10. The summed E-state index contributed by atoms with van der Waals surface area (Å²) in [6.45, 7) is 9.74. The zero-order valence-corrected chi connectivity index (χ0v) is 13.3. The Kier molecular flexibility index (Phi) is 6.21. The van der Waals surface area contributed by atoms with Gasteiger partial charge in [-0.25, -0.2) is 4.79 Å². The Hall–Kier alpha value is -2.04. The number of anilines is 1. The first-order chi connectivity index (χ1) is 9.85. The molecule has 2 N–H and O–H groups in total. The molecule has 0 spiro atoms. The lowest BCUT2D eigenvalue weighted by atomic mass is 10.0. The van der Waals surface area contributed by atoms with E-state index < -0.39 is 12.1 Å². The minimum atomic E-state index is -0.634. The maximum atomic E-state index is 12.3. The van der Waals surface area contributed by atoms with Crippen molar-refractivity contribution in [3.8, 4) is 0 Å². The Morgan fingerprint density at radius 3 is 2.38 bits per heavy atom. The molecular formula is C16H24N2O3. The van der Waals surface area contributed by atoms with Crippen LogP contribution in [0.15, 0.2) is 18.2 Å². The highest BCUT2D eigenvalue weighted by Crippen LogP contribution is 2.15. The topological polar surface area (TPSA) is 67.4 Å². The summed E-state index contributed by atoms with van der Waals surface area (Å²) in [5.74, 6) is -0.290. The van der Waals surface area contributed by atoms with E-state index >= 15 is 0 Å². The standard InChI is InChI=1S/C16H24N2O3/c1-6-21-16(20)18-14(10(2)3)15(19)17-13-8-7-11(4)12(5)9-13/h7-10,14H,6H2,1-5H3,(H,17,19)(H,18,20)/t14-/m0/s1. The first-order valence-corrected chi connectivity index (χ1v) is 7.16. The van der Waals surface area contributed by atoms with E-state index in [0.29, 0.717) is 0 Å². The number of rotatable bonds is 5. The molecule has 1 rings (SSSR count). The van der Waals surface area contributed by atoms with Crippen LogP contribution >= 0.6 is 0 Å². The lowest BCUT2D eigenvalue weighted by Crippen LogP contribution is -2.47. The molecule has 1 aromatic rings. The molecule has 0 radical (unpaired) electrons. The Bertz CT molecular complexity index is 512. The third-order valence-electron chi connectivity index (χ3n) is 3.27. The van der Waals surface area contributed by atoms with Gasteiger partial charge in [-0.1, -0.05) is 19.9 Å². The van der Waals surface area contributed by atoms with E-state index in [9.17, 15) is 9.59 Å². The van der Waals surface area contributed by atoms with Gasteiger partial charge in [-0.15, -0.1) is 0 Å². The fourth-order valence-electron chi connectivity index (χ4n) is 1.87. The monoisotopic (exact) mass is 292 g/mol. The summed E-state index contributed by atoms with van der Waals surface area (Å²) in [4.78, 5) is 23.8. The molecule has 0 aliphatic heterocycles. The summed E-state index contributed by atoms with van der Waals surface area (Å²) in [5.41, 5.74) is 2.99. The fraction of sp³-hybridized carbons (Fsp3) is 0.500. The number of ether oxygens (including phenoxy) is 1. The number of carbonyl (C=O) groups is 2. The number of carbonyl (C=O) groups excluding carboxylic acids is 2. The van der Waals surface area contributed by atoms with Crippen molar-refractivity contribution in [3.63, 3.8) is 0 Å². The van der Waals surface area contributed by atoms with E-state index in [0.717, 1.165) is 16.8 Å². The van der Waals surface area contributed by atoms with Crippen molar-refractivity contribution < 1.29 is 14.3 Å². The Morgan fingerprint density at radius 2 is 1.86 bits per heavy atom. The highest BCUT2D eigenvalue weighted by molar-refractivity contribution is 5.96. The van der Waals surface area contributed by atoms with Gasteiger partial charge in [0.2, 0.25) is 5.91 Å². The van der Waals surface area contributed by atoms with Crippen LogP contribution in [0.3, 0.4) is 0 Å². The van der Waals surface area contributed by atoms with Crippen molar-refractivity contribution in [1.29, 1.82) is 0 Å². The lowest BCUT2D eigenvalue weighted by molar-refractivity contribution is -0.119. The molecule has 2 amide bonds. The van der Waals surface area contributed by atoms with Gasteiger partial charge in [-0.2, -0.15) is 0 Å². The minimum absolute atomic E-state index is 0.0408. The van der Waals surface area contributed by atoms with Crippen molar-refractivity contribution in [2.45, 2.75) is 40.7 Å². The summed E-state index contributed by atoms with van der Waals surface area (Å²) in [6.07, 6.45) is -0.577. The van der Waals surface area contributed by atoms with Crippen LogP contribution in [-0.2, 0) is 9.53 Å².